The zero-order chi connectivity index (χ0) is 9.23. The highest BCUT2D eigenvalue weighted by Gasteiger charge is 2.26. The molecule has 0 aliphatic carbocycles. The van der Waals surface area contributed by atoms with Gasteiger partial charge in [0.15, 0.2) is 0 Å². The molecule has 0 rings (SSSR count). The maximum atomic E-state index is 10.5. The number of carbonyl (C=O) groups is 1. The van der Waals surface area contributed by atoms with Crippen molar-refractivity contribution in [2.45, 2.75) is 39.3 Å². The number of carboxylic acid groups (broad SMARTS) is 1. The van der Waals surface area contributed by atoms with E-state index in [-0.39, 0.29) is 5.54 Å². The molecule has 0 aliphatic rings. The largest absolute Gasteiger partial charge is 0.480 e. The Kier molecular flexibility index (Phi) is 3.05. The quantitative estimate of drug-likeness (QED) is 0.658. The molecule has 3 heteroatoms. The Morgan fingerprint density at radius 1 is 1.45 bits per heavy atom. The lowest BCUT2D eigenvalue weighted by Crippen LogP contribution is -2.47. The highest BCUT2D eigenvalue weighted by atomic mass is 16.4. The van der Waals surface area contributed by atoms with Crippen molar-refractivity contribution < 1.29 is 9.90 Å². The average molecular weight is 159 g/mol. The van der Waals surface area contributed by atoms with Crippen molar-refractivity contribution in [3.8, 4) is 0 Å². The fourth-order valence-corrected chi connectivity index (χ4v) is 0.747. The zero-order valence-electron chi connectivity index (χ0n) is 7.88. The van der Waals surface area contributed by atoms with E-state index in [0.717, 1.165) is 0 Å². The summed E-state index contributed by atoms with van der Waals surface area (Å²) in [5.74, 6) is -0.776. The Bertz CT molecular complexity index is 149. The summed E-state index contributed by atoms with van der Waals surface area (Å²) >= 11 is 0. The second-order valence-corrected chi connectivity index (χ2v) is 3.80. The second kappa shape index (κ2) is 3.22. The van der Waals surface area contributed by atoms with E-state index in [4.69, 9.17) is 5.11 Å². The van der Waals surface area contributed by atoms with Crippen LogP contribution in [0.2, 0.25) is 0 Å². The summed E-state index contributed by atoms with van der Waals surface area (Å²) in [4.78, 5) is 12.4. The van der Waals surface area contributed by atoms with Crippen molar-refractivity contribution in [3.05, 3.63) is 0 Å². The van der Waals surface area contributed by atoms with Gasteiger partial charge in [-0.3, -0.25) is 9.69 Å². The van der Waals surface area contributed by atoms with Crippen LogP contribution in [-0.4, -0.2) is 34.6 Å². The van der Waals surface area contributed by atoms with Gasteiger partial charge < -0.3 is 5.11 Å². The van der Waals surface area contributed by atoms with Gasteiger partial charge in [0.2, 0.25) is 0 Å². The first-order valence-electron chi connectivity index (χ1n) is 3.72. The van der Waals surface area contributed by atoms with Gasteiger partial charge in [0.25, 0.3) is 0 Å². The number of nitrogens with zero attached hydrogens (tertiary/aromatic N) is 1. The molecule has 0 saturated carbocycles. The summed E-state index contributed by atoms with van der Waals surface area (Å²) in [6, 6.07) is -0.421. The highest BCUT2D eigenvalue weighted by molar-refractivity contribution is 5.72. The van der Waals surface area contributed by atoms with Crippen molar-refractivity contribution in [2.24, 2.45) is 0 Å². The Morgan fingerprint density at radius 2 is 1.82 bits per heavy atom. The molecule has 0 aromatic heterocycles. The van der Waals surface area contributed by atoms with Crippen molar-refractivity contribution in [1.82, 2.24) is 4.90 Å². The summed E-state index contributed by atoms with van der Waals surface area (Å²) in [6.07, 6.45) is 0. The summed E-state index contributed by atoms with van der Waals surface area (Å²) in [7, 11) is 1.82. The molecule has 11 heavy (non-hydrogen) atoms. The molecule has 0 aliphatic heterocycles. The van der Waals surface area contributed by atoms with Gasteiger partial charge in [-0.1, -0.05) is 0 Å². The fourth-order valence-electron chi connectivity index (χ4n) is 0.747. The van der Waals surface area contributed by atoms with Gasteiger partial charge >= 0.3 is 5.97 Å². The summed E-state index contributed by atoms with van der Waals surface area (Å²) in [6.45, 7) is 7.67. The molecule has 1 unspecified atom stereocenters. The predicted molar refractivity (Wildman–Crippen MR) is 44.6 cm³/mol. The molecule has 0 fully saturated rings. The van der Waals surface area contributed by atoms with Crippen molar-refractivity contribution in [1.29, 1.82) is 0 Å². The third-order valence-corrected chi connectivity index (χ3v) is 2.00. The van der Waals surface area contributed by atoms with Crippen LogP contribution in [0, 0.1) is 0 Å². The number of hydrogen-bond acceptors (Lipinski definition) is 2. The average Bonchev–Trinajstić information content (AvgIpc) is 1.82. The monoisotopic (exact) mass is 159 g/mol. The molecule has 0 bridgehead atoms. The molecule has 66 valence electrons. The van der Waals surface area contributed by atoms with Crippen LogP contribution >= 0.6 is 0 Å². The lowest BCUT2D eigenvalue weighted by molar-refractivity contribution is -0.143. The normalized spacial score (nSPS) is 15.1. The third-order valence-electron chi connectivity index (χ3n) is 2.00. The van der Waals surface area contributed by atoms with Crippen LogP contribution in [0.5, 0.6) is 0 Å². The minimum Gasteiger partial charge on any atom is -0.480 e. The minimum absolute atomic E-state index is 0.0855. The maximum Gasteiger partial charge on any atom is 0.320 e. The van der Waals surface area contributed by atoms with Crippen LogP contribution in [-0.2, 0) is 4.79 Å². The molecule has 0 amide bonds. The molecule has 0 aromatic carbocycles. The molecule has 0 aromatic rings. The van der Waals surface area contributed by atoms with Gasteiger partial charge in [-0.2, -0.15) is 0 Å². The molecule has 0 saturated heterocycles. The fraction of sp³-hybridized carbons (Fsp3) is 0.875. The topological polar surface area (TPSA) is 40.5 Å². The van der Waals surface area contributed by atoms with E-state index in [0.29, 0.717) is 0 Å². The van der Waals surface area contributed by atoms with Gasteiger partial charge in [0, 0.05) is 5.54 Å². The Balaban J connectivity index is 4.25. The Morgan fingerprint density at radius 3 is 1.91 bits per heavy atom. The van der Waals surface area contributed by atoms with E-state index in [1.54, 1.807) is 6.92 Å². The van der Waals surface area contributed by atoms with E-state index in [1.165, 1.54) is 0 Å². The van der Waals surface area contributed by atoms with E-state index in [1.807, 2.05) is 32.7 Å². The van der Waals surface area contributed by atoms with E-state index in [2.05, 4.69) is 0 Å². The van der Waals surface area contributed by atoms with Gasteiger partial charge in [0.1, 0.15) is 6.04 Å². The van der Waals surface area contributed by atoms with Crippen LogP contribution in [0.1, 0.15) is 27.7 Å². The number of aliphatic carboxylic acids is 1. The Hall–Kier alpha value is -0.570. The number of rotatable bonds is 2. The van der Waals surface area contributed by atoms with Crippen LogP contribution in [0.3, 0.4) is 0 Å². The third kappa shape index (κ3) is 2.89. The molecular formula is C8H17NO2. The van der Waals surface area contributed by atoms with E-state index in [9.17, 15) is 4.79 Å². The molecule has 0 spiro atoms. The molecule has 0 heterocycles. The first kappa shape index (κ1) is 10.4. The molecular weight excluding hydrogens is 142 g/mol. The lowest BCUT2D eigenvalue weighted by atomic mass is 10.0. The molecule has 1 atom stereocenters. The SMILES string of the molecule is CC(C(=O)O)N(C)C(C)(C)C. The van der Waals surface area contributed by atoms with Gasteiger partial charge in [-0.05, 0) is 34.7 Å². The first-order chi connectivity index (χ1) is 4.76. The zero-order valence-corrected chi connectivity index (χ0v) is 7.88. The number of carboxylic acids is 1. The minimum atomic E-state index is -0.776. The standard InChI is InChI=1S/C8H17NO2/c1-6(7(10)11)9(5)8(2,3)4/h6H,1-5H3,(H,10,11). The van der Waals surface area contributed by atoms with Gasteiger partial charge in [-0.15, -0.1) is 0 Å². The van der Waals surface area contributed by atoms with Crippen LogP contribution < -0.4 is 0 Å². The second-order valence-electron chi connectivity index (χ2n) is 3.80. The van der Waals surface area contributed by atoms with E-state index >= 15 is 0 Å². The summed E-state index contributed by atoms with van der Waals surface area (Å²) in [5, 5.41) is 8.67. The summed E-state index contributed by atoms with van der Waals surface area (Å²) in [5.41, 5.74) is -0.0855. The Labute approximate surface area is 68.0 Å². The number of hydrogen-bond donors (Lipinski definition) is 1. The van der Waals surface area contributed by atoms with Crippen LogP contribution in [0.4, 0.5) is 0 Å². The van der Waals surface area contributed by atoms with Gasteiger partial charge in [-0.25, -0.2) is 0 Å². The van der Waals surface area contributed by atoms with Crippen LogP contribution in [0.15, 0.2) is 0 Å². The lowest BCUT2D eigenvalue weighted by Gasteiger charge is -2.34. The first-order valence-corrected chi connectivity index (χ1v) is 3.72. The smallest absolute Gasteiger partial charge is 0.320 e. The maximum absolute atomic E-state index is 10.5. The van der Waals surface area contributed by atoms with Crippen molar-refractivity contribution >= 4 is 5.97 Å². The highest BCUT2D eigenvalue weighted by Crippen LogP contribution is 2.13. The molecule has 3 nitrogen and oxygen atoms in total. The summed E-state index contributed by atoms with van der Waals surface area (Å²) < 4.78 is 0. The predicted octanol–water partition coefficient (Wildman–Crippen LogP) is 1.19. The number of likely N-dealkylation sites (N-methyl/N-ethyl adjacent to an activating group) is 1. The molecule has 1 N–H and O–H groups in total. The van der Waals surface area contributed by atoms with Gasteiger partial charge in [0.05, 0.1) is 0 Å². The molecule has 0 radical (unpaired) electrons. The van der Waals surface area contributed by atoms with Crippen LogP contribution in [0.25, 0.3) is 0 Å². The van der Waals surface area contributed by atoms with E-state index < -0.39 is 12.0 Å². The van der Waals surface area contributed by atoms with Crippen molar-refractivity contribution in [2.75, 3.05) is 7.05 Å². The van der Waals surface area contributed by atoms with Crippen molar-refractivity contribution in [3.63, 3.8) is 0 Å².